The van der Waals surface area contributed by atoms with Crippen molar-refractivity contribution in [2.24, 2.45) is 5.92 Å². The third-order valence-electron chi connectivity index (χ3n) is 4.18. The maximum atomic E-state index is 12.2. The van der Waals surface area contributed by atoms with Crippen molar-refractivity contribution in [3.05, 3.63) is 35.9 Å². The van der Waals surface area contributed by atoms with E-state index in [2.05, 4.69) is 0 Å². The maximum absolute atomic E-state index is 12.2. The SMILES string of the molecule is COc1ccccc1/C=C/C(=O)N(C)CC1CCCCC1. The summed E-state index contributed by atoms with van der Waals surface area (Å²) in [5, 5.41) is 0. The van der Waals surface area contributed by atoms with Gasteiger partial charge in [-0.2, -0.15) is 0 Å². The van der Waals surface area contributed by atoms with Crippen LogP contribution in [0, 0.1) is 5.92 Å². The van der Waals surface area contributed by atoms with Crippen molar-refractivity contribution in [1.82, 2.24) is 4.90 Å². The van der Waals surface area contributed by atoms with Gasteiger partial charge >= 0.3 is 0 Å². The van der Waals surface area contributed by atoms with Gasteiger partial charge in [-0.05, 0) is 30.9 Å². The highest BCUT2D eigenvalue weighted by atomic mass is 16.5. The second-order valence-electron chi connectivity index (χ2n) is 5.80. The first-order chi connectivity index (χ1) is 10.2. The first-order valence-electron chi connectivity index (χ1n) is 7.77. The quantitative estimate of drug-likeness (QED) is 0.772. The fraction of sp³-hybridized carbons (Fsp3) is 0.500. The molecule has 0 aromatic heterocycles. The largest absolute Gasteiger partial charge is 0.496 e. The van der Waals surface area contributed by atoms with Crippen LogP contribution in [-0.2, 0) is 4.79 Å². The Labute approximate surface area is 127 Å². The molecule has 3 nitrogen and oxygen atoms in total. The Hall–Kier alpha value is -1.77. The topological polar surface area (TPSA) is 29.5 Å². The van der Waals surface area contributed by atoms with Crippen molar-refractivity contribution in [3.63, 3.8) is 0 Å². The highest BCUT2D eigenvalue weighted by Gasteiger charge is 2.17. The van der Waals surface area contributed by atoms with Gasteiger partial charge in [-0.1, -0.05) is 37.5 Å². The van der Waals surface area contributed by atoms with Crippen LogP contribution in [0.25, 0.3) is 6.08 Å². The average molecular weight is 287 g/mol. The summed E-state index contributed by atoms with van der Waals surface area (Å²) in [5.41, 5.74) is 0.930. The molecule has 0 spiro atoms. The Morgan fingerprint density at radius 2 is 2.00 bits per heavy atom. The molecule has 114 valence electrons. The fourth-order valence-corrected chi connectivity index (χ4v) is 2.94. The molecule has 0 atom stereocenters. The van der Waals surface area contributed by atoms with Gasteiger partial charge in [0.2, 0.25) is 5.91 Å². The Bertz CT molecular complexity index is 490. The molecule has 0 bridgehead atoms. The maximum Gasteiger partial charge on any atom is 0.246 e. The highest BCUT2D eigenvalue weighted by Crippen LogP contribution is 2.24. The van der Waals surface area contributed by atoms with E-state index in [0.29, 0.717) is 5.92 Å². The molecule has 1 amide bonds. The molecule has 0 unspecified atom stereocenters. The van der Waals surface area contributed by atoms with E-state index in [1.807, 2.05) is 42.3 Å². The molecule has 0 radical (unpaired) electrons. The van der Waals surface area contributed by atoms with Gasteiger partial charge in [0.15, 0.2) is 0 Å². The lowest BCUT2D eigenvalue weighted by Crippen LogP contribution is -2.31. The smallest absolute Gasteiger partial charge is 0.246 e. The van der Waals surface area contributed by atoms with E-state index in [4.69, 9.17) is 4.74 Å². The number of carbonyl (C=O) groups is 1. The minimum atomic E-state index is 0.0616. The summed E-state index contributed by atoms with van der Waals surface area (Å²) in [6.45, 7) is 0.870. The molecule has 0 N–H and O–H groups in total. The van der Waals surface area contributed by atoms with Crippen LogP contribution in [0.1, 0.15) is 37.7 Å². The Morgan fingerprint density at radius 3 is 2.71 bits per heavy atom. The standard InChI is InChI=1S/C18H25NO2/c1-19(14-15-8-4-3-5-9-15)18(20)13-12-16-10-6-7-11-17(16)21-2/h6-7,10-13,15H,3-5,8-9,14H2,1-2H3/b13-12+. The first kappa shape index (κ1) is 15.6. The van der Waals surface area contributed by atoms with Crippen molar-refractivity contribution >= 4 is 12.0 Å². The van der Waals surface area contributed by atoms with Crippen molar-refractivity contribution in [1.29, 1.82) is 0 Å². The second-order valence-corrected chi connectivity index (χ2v) is 5.80. The van der Waals surface area contributed by atoms with Gasteiger partial charge in [0.25, 0.3) is 0 Å². The van der Waals surface area contributed by atoms with Gasteiger partial charge in [-0.3, -0.25) is 4.79 Å². The molecule has 1 fully saturated rings. The molecular weight excluding hydrogens is 262 g/mol. The lowest BCUT2D eigenvalue weighted by Gasteiger charge is -2.26. The first-order valence-corrected chi connectivity index (χ1v) is 7.77. The molecule has 1 saturated carbocycles. The van der Waals surface area contributed by atoms with Crippen molar-refractivity contribution in [2.75, 3.05) is 20.7 Å². The van der Waals surface area contributed by atoms with E-state index >= 15 is 0 Å². The van der Waals surface area contributed by atoms with E-state index in [-0.39, 0.29) is 5.91 Å². The van der Waals surface area contributed by atoms with Crippen LogP contribution in [0.15, 0.2) is 30.3 Å². The van der Waals surface area contributed by atoms with Crippen molar-refractivity contribution in [3.8, 4) is 5.75 Å². The zero-order valence-corrected chi connectivity index (χ0v) is 13.0. The summed E-state index contributed by atoms with van der Waals surface area (Å²) >= 11 is 0. The minimum Gasteiger partial charge on any atom is -0.496 e. The molecule has 1 aliphatic carbocycles. The van der Waals surface area contributed by atoms with E-state index in [1.54, 1.807) is 13.2 Å². The fourth-order valence-electron chi connectivity index (χ4n) is 2.94. The monoisotopic (exact) mass is 287 g/mol. The number of benzene rings is 1. The lowest BCUT2D eigenvalue weighted by molar-refractivity contribution is -0.125. The molecule has 1 aromatic carbocycles. The molecule has 1 aromatic rings. The van der Waals surface area contributed by atoms with E-state index in [1.165, 1.54) is 32.1 Å². The van der Waals surface area contributed by atoms with Crippen LogP contribution in [0.4, 0.5) is 0 Å². The Kier molecular flexibility index (Phi) is 5.85. The number of methoxy groups -OCH3 is 1. The molecule has 0 saturated heterocycles. The number of hydrogen-bond donors (Lipinski definition) is 0. The number of para-hydroxylation sites is 1. The van der Waals surface area contributed by atoms with Crippen molar-refractivity contribution in [2.45, 2.75) is 32.1 Å². The van der Waals surface area contributed by atoms with Crippen LogP contribution in [0.3, 0.4) is 0 Å². The van der Waals surface area contributed by atoms with Gasteiger partial charge < -0.3 is 9.64 Å². The predicted molar refractivity (Wildman–Crippen MR) is 86.2 cm³/mol. The molecule has 1 aliphatic rings. The van der Waals surface area contributed by atoms with E-state index < -0.39 is 0 Å². The van der Waals surface area contributed by atoms with Gasteiger partial charge in [0.1, 0.15) is 5.75 Å². The molecule has 0 aliphatic heterocycles. The predicted octanol–water partition coefficient (Wildman–Crippen LogP) is 3.75. The number of likely N-dealkylation sites (N-methyl/N-ethyl adjacent to an activating group) is 1. The minimum absolute atomic E-state index is 0.0616. The lowest BCUT2D eigenvalue weighted by atomic mass is 9.89. The van der Waals surface area contributed by atoms with Gasteiger partial charge in [0.05, 0.1) is 7.11 Å². The van der Waals surface area contributed by atoms with Gasteiger partial charge in [0, 0.05) is 25.2 Å². The Balaban J connectivity index is 1.91. The van der Waals surface area contributed by atoms with Crippen LogP contribution < -0.4 is 4.74 Å². The summed E-state index contributed by atoms with van der Waals surface area (Å²) in [5.74, 6) is 1.52. The van der Waals surface area contributed by atoms with Gasteiger partial charge in [-0.25, -0.2) is 0 Å². The van der Waals surface area contributed by atoms with Crippen LogP contribution in [0.2, 0.25) is 0 Å². The number of amides is 1. The van der Waals surface area contributed by atoms with E-state index in [9.17, 15) is 4.79 Å². The van der Waals surface area contributed by atoms with Crippen molar-refractivity contribution < 1.29 is 9.53 Å². The molecule has 21 heavy (non-hydrogen) atoms. The summed E-state index contributed by atoms with van der Waals surface area (Å²) in [4.78, 5) is 14.0. The summed E-state index contributed by atoms with van der Waals surface area (Å²) in [7, 11) is 3.53. The highest BCUT2D eigenvalue weighted by molar-refractivity contribution is 5.92. The Morgan fingerprint density at radius 1 is 1.29 bits per heavy atom. The number of nitrogens with zero attached hydrogens (tertiary/aromatic N) is 1. The zero-order valence-electron chi connectivity index (χ0n) is 13.0. The molecule has 3 heteroatoms. The summed E-state index contributed by atoms with van der Waals surface area (Å²) in [6, 6.07) is 7.71. The number of carbonyl (C=O) groups excluding carboxylic acids is 1. The number of hydrogen-bond acceptors (Lipinski definition) is 2. The summed E-state index contributed by atoms with van der Waals surface area (Å²) < 4.78 is 5.28. The van der Waals surface area contributed by atoms with Crippen LogP contribution in [0.5, 0.6) is 5.75 Å². The third-order valence-corrected chi connectivity index (χ3v) is 4.18. The van der Waals surface area contributed by atoms with Crippen LogP contribution >= 0.6 is 0 Å². The van der Waals surface area contributed by atoms with E-state index in [0.717, 1.165) is 17.9 Å². The number of rotatable bonds is 5. The zero-order chi connectivity index (χ0) is 15.1. The molecule has 2 rings (SSSR count). The van der Waals surface area contributed by atoms with Crippen LogP contribution in [-0.4, -0.2) is 31.5 Å². The average Bonchev–Trinajstić information content (AvgIpc) is 2.53. The molecule has 0 heterocycles. The van der Waals surface area contributed by atoms with Gasteiger partial charge in [-0.15, -0.1) is 0 Å². The third kappa shape index (κ3) is 4.62. The summed E-state index contributed by atoms with van der Waals surface area (Å²) in [6.07, 6.45) is 9.95. The number of ether oxygens (including phenoxy) is 1. The second kappa shape index (κ2) is 7.87. The molecular formula is C18H25NO2. The normalized spacial score (nSPS) is 16.1.